The standard InChI is InChI=1S/C25H33F3N8O2/c1-15-12-19(23(37)34(4)16(2)25(26,27)28)32-22-21(15)35-11-8-18(14-35)36(22)24(38)33-20-13-17(7-10-30-20)6-5-9-31-29-3/h5,7,9-10,13,15-16,18,29,31H,6,8,11-12,14H2,1-4H3,(H,30,33,38)/b9-5-/t15?,16-,18+/m1/s1. The Morgan fingerprint density at radius 1 is 1.34 bits per heavy atom. The molecule has 0 radical (unpaired) electrons. The predicted octanol–water partition coefficient (Wildman–Crippen LogP) is 2.84. The van der Waals surface area contributed by atoms with Crippen LogP contribution in [0.3, 0.4) is 0 Å². The van der Waals surface area contributed by atoms with Crippen LogP contribution in [-0.2, 0) is 11.2 Å². The average Bonchev–Trinajstić information content (AvgIpc) is 3.27. The number of allylic oxidation sites excluding steroid dienone is 2. The molecular formula is C25H33F3N8O2. The van der Waals surface area contributed by atoms with Crippen molar-refractivity contribution in [2.24, 2.45) is 10.9 Å². The van der Waals surface area contributed by atoms with E-state index in [1.54, 1.807) is 30.4 Å². The molecule has 1 aromatic heterocycles. The van der Waals surface area contributed by atoms with E-state index in [2.05, 4.69) is 31.0 Å². The molecule has 38 heavy (non-hydrogen) atoms. The summed E-state index contributed by atoms with van der Waals surface area (Å²) in [6.07, 6.45) is 2.26. The number of anilines is 1. The number of carbonyl (C=O) groups excluding carboxylic acids is 2. The van der Waals surface area contributed by atoms with Gasteiger partial charge in [0.15, 0.2) is 5.82 Å². The molecule has 1 unspecified atom stereocenters. The Morgan fingerprint density at radius 2 is 2.11 bits per heavy atom. The molecular weight excluding hydrogens is 501 g/mol. The Labute approximate surface area is 219 Å². The topological polar surface area (TPSA) is 105 Å². The van der Waals surface area contributed by atoms with Crippen LogP contribution in [0.4, 0.5) is 23.8 Å². The molecule has 3 amide bonds. The molecule has 0 aromatic carbocycles. The van der Waals surface area contributed by atoms with Gasteiger partial charge in [0.2, 0.25) is 0 Å². The van der Waals surface area contributed by atoms with Gasteiger partial charge < -0.3 is 15.2 Å². The number of halogens is 3. The number of nitrogens with zero attached hydrogens (tertiary/aromatic N) is 5. The second-order valence-corrected chi connectivity index (χ2v) is 9.74. The summed E-state index contributed by atoms with van der Waals surface area (Å²) in [6, 6.07) is 1.04. The molecule has 3 atom stereocenters. The van der Waals surface area contributed by atoms with Crippen molar-refractivity contribution in [3.63, 3.8) is 0 Å². The number of carbonyl (C=O) groups is 2. The van der Waals surface area contributed by atoms with Crippen molar-refractivity contribution in [1.82, 2.24) is 30.5 Å². The van der Waals surface area contributed by atoms with E-state index in [1.807, 2.05) is 19.1 Å². The zero-order valence-electron chi connectivity index (χ0n) is 21.8. The van der Waals surface area contributed by atoms with Crippen molar-refractivity contribution in [2.45, 2.75) is 51.4 Å². The smallest absolute Gasteiger partial charge is 0.369 e. The van der Waals surface area contributed by atoms with Crippen LogP contribution in [-0.4, -0.2) is 82.8 Å². The first-order chi connectivity index (χ1) is 18.0. The van der Waals surface area contributed by atoms with Crippen molar-refractivity contribution in [2.75, 3.05) is 32.5 Å². The van der Waals surface area contributed by atoms with Crippen LogP contribution in [0, 0.1) is 5.92 Å². The van der Waals surface area contributed by atoms with Gasteiger partial charge in [-0.05, 0) is 37.5 Å². The molecule has 0 saturated carbocycles. The van der Waals surface area contributed by atoms with Gasteiger partial charge in [-0.2, -0.15) is 13.2 Å². The predicted molar refractivity (Wildman–Crippen MR) is 137 cm³/mol. The Hall–Kier alpha value is -3.61. The highest BCUT2D eigenvalue weighted by Crippen LogP contribution is 2.40. The minimum atomic E-state index is -4.56. The highest BCUT2D eigenvalue weighted by atomic mass is 19.4. The molecule has 13 heteroatoms. The summed E-state index contributed by atoms with van der Waals surface area (Å²) in [6.45, 7) is 4.22. The van der Waals surface area contributed by atoms with E-state index in [0.29, 0.717) is 35.9 Å². The second kappa shape index (κ2) is 11.0. The van der Waals surface area contributed by atoms with E-state index < -0.39 is 24.2 Å². The Balaban J connectivity index is 1.59. The number of rotatable bonds is 7. The molecule has 206 valence electrons. The fourth-order valence-corrected chi connectivity index (χ4v) is 4.99. The molecule has 2 bridgehead atoms. The van der Waals surface area contributed by atoms with Crippen LogP contribution in [0.15, 0.2) is 47.1 Å². The third kappa shape index (κ3) is 5.62. The summed E-state index contributed by atoms with van der Waals surface area (Å²) < 4.78 is 39.8. The maximum Gasteiger partial charge on any atom is 0.408 e. The molecule has 4 heterocycles. The van der Waals surface area contributed by atoms with Gasteiger partial charge in [0.05, 0.1) is 11.7 Å². The number of fused-ring (bicyclic) bond motifs is 3. The van der Waals surface area contributed by atoms with Crippen LogP contribution < -0.4 is 16.2 Å². The summed E-state index contributed by atoms with van der Waals surface area (Å²) in [4.78, 5) is 39.7. The first-order valence-electron chi connectivity index (χ1n) is 12.5. The third-order valence-corrected chi connectivity index (χ3v) is 7.13. The molecule has 1 fully saturated rings. The van der Waals surface area contributed by atoms with Gasteiger partial charge in [-0.25, -0.2) is 20.2 Å². The highest BCUT2D eigenvalue weighted by molar-refractivity contribution is 6.39. The lowest BCUT2D eigenvalue weighted by molar-refractivity contribution is -0.179. The SMILES string of the molecule is CNN/C=C\Cc1ccnc(NC(=O)N2C3=C(C(C)CC(C(=O)N(C)[C@H](C)C(F)(F)F)=N3)N3CC[C@H]2C3)c1. The van der Waals surface area contributed by atoms with E-state index in [0.717, 1.165) is 31.8 Å². The number of alkyl halides is 3. The Kier molecular flexibility index (Phi) is 7.95. The summed E-state index contributed by atoms with van der Waals surface area (Å²) >= 11 is 0. The molecule has 4 rings (SSSR count). The summed E-state index contributed by atoms with van der Waals surface area (Å²) in [5.74, 6) is -0.293. The van der Waals surface area contributed by atoms with Crippen molar-refractivity contribution in [3.8, 4) is 0 Å². The van der Waals surface area contributed by atoms with E-state index in [4.69, 9.17) is 0 Å². The molecule has 3 N–H and O–H groups in total. The lowest BCUT2D eigenvalue weighted by Gasteiger charge is -2.41. The van der Waals surface area contributed by atoms with Crippen LogP contribution >= 0.6 is 0 Å². The molecule has 0 aliphatic carbocycles. The van der Waals surface area contributed by atoms with Gasteiger partial charge in [0.1, 0.15) is 17.6 Å². The minimum Gasteiger partial charge on any atom is -0.369 e. The van der Waals surface area contributed by atoms with Crippen molar-refractivity contribution in [1.29, 1.82) is 0 Å². The third-order valence-electron chi connectivity index (χ3n) is 7.13. The van der Waals surface area contributed by atoms with Gasteiger partial charge in [0, 0.05) is 51.9 Å². The number of nitrogens with one attached hydrogen (secondary N) is 3. The number of hydrogen-bond acceptors (Lipinski definition) is 7. The normalized spacial score (nSPS) is 21.8. The average molecular weight is 535 g/mol. The number of pyridine rings is 1. The minimum absolute atomic E-state index is 0.0113. The van der Waals surface area contributed by atoms with E-state index >= 15 is 0 Å². The number of hydrogen-bond donors (Lipinski definition) is 3. The fourth-order valence-electron chi connectivity index (χ4n) is 4.99. The van der Waals surface area contributed by atoms with Crippen LogP contribution in [0.1, 0.15) is 32.3 Å². The number of aromatic nitrogens is 1. The summed E-state index contributed by atoms with van der Waals surface area (Å²) in [5, 5.41) is 2.85. The second-order valence-electron chi connectivity index (χ2n) is 9.74. The van der Waals surface area contributed by atoms with Gasteiger partial charge >= 0.3 is 12.2 Å². The van der Waals surface area contributed by atoms with E-state index in [1.165, 1.54) is 0 Å². The number of urea groups is 1. The number of amides is 3. The van der Waals surface area contributed by atoms with Gasteiger partial charge in [0.25, 0.3) is 5.91 Å². The van der Waals surface area contributed by atoms with E-state index in [-0.39, 0.29) is 24.1 Å². The summed E-state index contributed by atoms with van der Waals surface area (Å²) in [5.41, 5.74) is 7.43. The van der Waals surface area contributed by atoms with Crippen LogP contribution in [0.2, 0.25) is 0 Å². The van der Waals surface area contributed by atoms with Crippen molar-refractivity contribution < 1.29 is 22.8 Å². The molecule has 1 aromatic rings. The zero-order chi connectivity index (χ0) is 27.6. The lowest BCUT2D eigenvalue weighted by Crippen LogP contribution is -2.51. The highest BCUT2D eigenvalue weighted by Gasteiger charge is 2.46. The zero-order valence-corrected chi connectivity index (χ0v) is 21.8. The first-order valence-corrected chi connectivity index (χ1v) is 12.5. The van der Waals surface area contributed by atoms with Crippen LogP contribution in [0.25, 0.3) is 0 Å². The maximum absolute atomic E-state index is 13.6. The maximum atomic E-state index is 13.6. The fraction of sp³-hybridized carbons (Fsp3) is 0.520. The van der Waals surface area contributed by atoms with E-state index in [9.17, 15) is 22.8 Å². The first kappa shape index (κ1) is 27.4. The molecule has 3 aliphatic rings. The molecule has 0 spiro atoms. The molecule has 3 aliphatic heterocycles. The van der Waals surface area contributed by atoms with Crippen molar-refractivity contribution >= 4 is 23.5 Å². The quantitative estimate of drug-likeness (QED) is 0.465. The van der Waals surface area contributed by atoms with Gasteiger partial charge in [-0.15, -0.1) is 0 Å². The van der Waals surface area contributed by atoms with Crippen LogP contribution in [0.5, 0.6) is 0 Å². The Bertz CT molecular complexity index is 1170. The number of hydrazine groups is 1. The monoisotopic (exact) mass is 534 g/mol. The molecule has 1 saturated heterocycles. The largest absolute Gasteiger partial charge is 0.408 e. The van der Waals surface area contributed by atoms with Crippen molar-refractivity contribution in [3.05, 3.63) is 47.7 Å². The molecule has 10 nitrogen and oxygen atoms in total. The van der Waals surface area contributed by atoms with Gasteiger partial charge in [-0.1, -0.05) is 13.0 Å². The lowest BCUT2D eigenvalue weighted by atomic mass is 9.94. The number of aliphatic imine (C=N–C) groups is 1. The van der Waals surface area contributed by atoms with Gasteiger partial charge in [-0.3, -0.25) is 15.0 Å². The summed E-state index contributed by atoms with van der Waals surface area (Å²) in [7, 11) is 2.88. The Morgan fingerprint density at radius 3 is 2.82 bits per heavy atom.